The van der Waals surface area contributed by atoms with Crippen LogP contribution in [0.4, 0.5) is 0 Å². The van der Waals surface area contributed by atoms with E-state index in [4.69, 9.17) is 9.47 Å². The van der Waals surface area contributed by atoms with Crippen LogP contribution < -0.4 is 4.74 Å². The molecule has 0 aliphatic carbocycles. The molecule has 0 heterocycles. The lowest BCUT2D eigenvalue weighted by molar-refractivity contribution is 0.0474. The van der Waals surface area contributed by atoms with Crippen molar-refractivity contribution in [3.05, 3.63) is 64.1 Å². The van der Waals surface area contributed by atoms with E-state index in [0.717, 1.165) is 4.47 Å². The molecule has 0 aliphatic heterocycles. The standard InChI is InChI=1S/C16H13BrO4/c1-20-14-4-2-3-12(9-14)15(18)10-21-16(19)11-5-7-13(17)8-6-11/h2-9H,10H2,1H3. The van der Waals surface area contributed by atoms with Crippen LogP contribution in [0.5, 0.6) is 5.75 Å². The number of halogens is 1. The van der Waals surface area contributed by atoms with E-state index in [1.54, 1.807) is 48.5 Å². The third-order valence-corrected chi connectivity index (χ3v) is 3.33. The van der Waals surface area contributed by atoms with Crippen molar-refractivity contribution >= 4 is 27.7 Å². The molecule has 0 saturated heterocycles. The molecule has 0 spiro atoms. The summed E-state index contributed by atoms with van der Waals surface area (Å²) in [6, 6.07) is 13.4. The van der Waals surface area contributed by atoms with E-state index < -0.39 is 5.97 Å². The molecule has 0 amide bonds. The monoisotopic (exact) mass is 348 g/mol. The number of benzene rings is 2. The van der Waals surface area contributed by atoms with Gasteiger partial charge in [0, 0.05) is 10.0 Å². The number of hydrogen-bond acceptors (Lipinski definition) is 4. The highest BCUT2D eigenvalue weighted by Crippen LogP contribution is 2.14. The Balaban J connectivity index is 1.97. The average molecular weight is 349 g/mol. The Hall–Kier alpha value is -2.14. The predicted octanol–water partition coefficient (Wildman–Crippen LogP) is 3.50. The molecule has 0 radical (unpaired) electrons. The van der Waals surface area contributed by atoms with Crippen molar-refractivity contribution in [2.24, 2.45) is 0 Å². The average Bonchev–Trinajstić information content (AvgIpc) is 2.53. The van der Waals surface area contributed by atoms with Crippen LogP contribution in [0.2, 0.25) is 0 Å². The molecule has 0 aromatic heterocycles. The fraction of sp³-hybridized carbons (Fsp3) is 0.125. The second-order valence-electron chi connectivity index (χ2n) is 4.24. The summed E-state index contributed by atoms with van der Waals surface area (Å²) in [7, 11) is 1.52. The molecule has 0 unspecified atom stereocenters. The molecule has 2 rings (SSSR count). The smallest absolute Gasteiger partial charge is 0.338 e. The zero-order chi connectivity index (χ0) is 15.2. The fourth-order valence-corrected chi connectivity index (χ4v) is 1.94. The molecule has 5 heteroatoms. The number of rotatable bonds is 5. The van der Waals surface area contributed by atoms with E-state index in [1.165, 1.54) is 7.11 Å². The third-order valence-electron chi connectivity index (χ3n) is 2.81. The largest absolute Gasteiger partial charge is 0.497 e. The fourth-order valence-electron chi connectivity index (χ4n) is 1.68. The number of esters is 1. The van der Waals surface area contributed by atoms with Crippen molar-refractivity contribution in [3.8, 4) is 5.75 Å². The summed E-state index contributed by atoms with van der Waals surface area (Å²) in [5.41, 5.74) is 0.842. The Morgan fingerprint density at radius 2 is 1.76 bits per heavy atom. The maximum Gasteiger partial charge on any atom is 0.338 e. The van der Waals surface area contributed by atoms with Gasteiger partial charge in [0.05, 0.1) is 12.7 Å². The minimum absolute atomic E-state index is 0.278. The van der Waals surface area contributed by atoms with Crippen molar-refractivity contribution in [2.75, 3.05) is 13.7 Å². The number of hydrogen-bond donors (Lipinski definition) is 0. The molecule has 108 valence electrons. The number of carbonyl (C=O) groups excluding carboxylic acids is 2. The first-order chi connectivity index (χ1) is 10.1. The highest BCUT2D eigenvalue weighted by Gasteiger charge is 2.12. The molecule has 4 nitrogen and oxygen atoms in total. The summed E-state index contributed by atoms with van der Waals surface area (Å²) in [6.07, 6.45) is 0. The summed E-state index contributed by atoms with van der Waals surface area (Å²) in [5.74, 6) is -0.224. The second-order valence-corrected chi connectivity index (χ2v) is 5.15. The van der Waals surface area contributed by atoms with Gasteiger partial charge in [-0.25, -0.2) is 4.79 Å². The molecule has 0 bridgehead atoms. The van der Waals surface area contributed by atoms with Crippen LogP contribution in [0.25, 0.3) is 0 Å². The lowest BCUT2D eigenvalue weighted by Gasteiger charge is -2.06. The van der Waals surface area contributed by atoms with Gasteiger partial charge in [0.25, 0.3) is 0 Å². The van der Waals surface area contributed by atoms with Gasteiger partial charge in [0.2, 0.25) is 0 Å². The Morgan fingerprint density at radius 1 is 1.05 bits per heavy atom. The summed E-state index contributed by atoms with van der Waals surface area (Å²) in [4.78, 5) is 23.8. The lowest BCUT2D eigenvalue weighted by Crippen LogP contribution is -2.14. The van der Waals surface area contributed by atoms with Crippen LogP contribution in [0.15, 0.2) is 53.0 Å². The third kappa shape index (κ3) is 4.16. The van der Waals surface area contributed by atoms with Gasteiger partial charge in [-0.1, -0.05) is 28.1 Å². The van der Waals surface area contributed by atoms with Crippen LogP contribution in [-0.4, -0.2) is 25.5 Å². The van der Waals surface area contributed by atoms with Crippen molar-refractivity contribution in [2.45, 2.75) is 0 Å². The van der Waals surface area contributed by atoms with Crippen LogP contribution in [0.3, 0.4) is 0 Å². The normalized spacial score (nSPS) is 10.0. The molecule has 0 atom stereocenters. The number of ketones is 1. The number of carbonyl (C=O) groups is 2. The zero-order valence-electron chi connectivity index (χ0n) is 11.3. The van der Waals surface area contributed by atoms with Gasteiger partial charge in [-0.05, 0) is 36.4 Å². The number of Topliss-reactive ketones (excluding diaryl/α,β-unsaturated/α-hetero) is 1. The predicted molar refractivity (Wildman–Crippen MR) is 81.7 cm³/mol. The highest BCUT2D eigenvalue weighted by molar-refractivity contribution is 9.10. The quantitative estimate of drug-likeness (QED) is 0.613. The lowest BCUT2D eigenvalue weighted by atomic mass is 10.1. The molecule has 0 fully saturated rings. The molecule has 2 aromatic carbocycles. The Labute approximate surface area is 130 Å². The number of ether oxygens (including phenoxy) is 2. The minimum Gasteiger partial charge on any atom is -0.497 e. The Morgan fingerprint density at radius 3 is 2.43 bits per heavy atom. The SMILES string of the molecule is COc1cccc(C(=O)COC(=O)c2ccc(Br)cc2)c1. The maximum absolute atomic E-state index is 12.0. The van der Waals surface area contributed by atoms with Crippen LogP contribution in [0, 0.1) is 0 Å². The van der Waals surface area contributed by atoms with E-state index in [9.17, 15) is 9.59 Å². The molecule has 0 saturated carbocycles. The summed E-state index contributed by atoms with van der Waals surface area (Å²) >= 11 is 3.28. The summed E-state index contributed by atoms with van der Waals surface area (Å²) < 4.78 is 10.9. The van der Waals surface area contributed by atoms with E-state index in [2.05, 4.69) is 15.9 Å². The molecule has 21 heavy (non-hydrogen) atoms. The summed E-state index contributed by atoms with van der Waals surface area (Å²) in [5, 5.41) is 0. The minimum atomic E-state index is -0.529. The van der Waals surface area contributed by atoms with Crippen molar-refractivity contribution in [3.63, 3.8) is 0 Å². The molecule has 0 N–H and O–H groups in total. The van der Waals surface area contributed by atoms with Gasteiger partial charge in [0.15, 0.2) is 12.4 Å². The zero-order valence-corrected chi connectivity index (χ0v) is 12.9. The highest BCUT2D eigenvalue weighted by atomic mass is 79.9. The van der Waals surface area contributed by atoms with Crippen LogP contribution >= 0.6 is 15.9 Å². The van der Waals surface area contributed by atoms with Crippen molar-refractivity contribution in [1.82, 2.24) is 0 Å². The van der Waals surface area contributed by atoms with Gasteiger partial charge >= 0.3 is 5.97 Å². The first-order valence-electron chi connectivity index (χ1n) is 6.20. The maximum atomic E-state index is 12.0. The Kier molecular flexibility index (Phi) is 5.11. The van der Waals surface area contributed by atoms with E-state index in [-0.39, 0.29) is 12.4 Å². The Bertz CT molecular complexity index is 650. The van der Waals surface area contributed by atoms with Crippen molar-refractivity contribution in [1.29, 1.82) is 0 Å². The molecule has 2 aromatic rings. The molecule has 0 aliphatic rings. The van der Waals surface area contributed by atoms with Gasteiger partial charge in [0.1, 0.15) is 5.75 Å². The van der Waals surface area contributed by atoms with Crippen LogP contribution in [-0.2, 0) is 4.74 Å². The second kappa shape index (κ2) is 7.04. The van der Waals surface area contributed by atoms with Gasteiger partial charge in [-0.15, -0.1) is 0 Å². The molecular formula is C16H13BrO4. The van der Waals surface area contributed by atoms with Crippen LogP contribution in [0.1, 0.15) is 20.7 Å². The first kappa shape index (κ1) is 15.3. The molecular weight excluding hydrogens is 336 g/mol. The van der Waals surface area contributed by atoms with Gasteiger partial charge < -0.3 is 9.47 Å². The first-order valence-corrected chi connectivity index (χ1v) is 6.99. The number of methoxy groups -OCH3 is 1. The van der Waals surface area contributed by atoms with E-state index in [1.807, 2.05) is 0 Å². The van der Waals surface area contributed by atoms with Gasteiger partial charge in [-0.2, -0.15) is 0 Å². The van der Waals surface area contributed by atoms with Gasteiger partial charge in [-0.3, -0.25) is 4.79 Å². The topological polar surface area (TPSA) is 52.6 Å². The van der Waals surface area contributed by atoms with E-state index in [0.29, 0.717) is 16.9 Å². The van der Waals surface area contributed by atoms with Crippen molar-refractivity contribution < 1.29 is 19.1 Å². The van der Waals surface area contributed by atoms with E-state index >= 15 is 0 Å². The summed E-state index contributed by atoms with van der Waals surface area (Å²) in [6.45, 7) is -0.304.